The highest BCUT2D eigenvalue weighted by atomic mass is 32.1. The summed E-state index contributed by atoms with van der Waals surface area (Å²) in [4.78, 5) is 11.0. The van der Waals surface area contributed by atoms with Crippen molar-refractivity contribution in [2.75, 3.05) is 0 Å². The molecular formula is C51H31N3OS. The van der Waals surface area contributed by atoms with Crippen LogP contribution >= 0.6 is 11.3 Å². The second-order valence-electron chi connectivity index (χ2n) is 15.7. The van der Waals surface area contributed by atoms with Crippen molar-refractivity contribution in [3.05, 3.63) is 163 Å². The van der Waals surface area contributed by atoms with E-state index in [1.165, 1.54) is 74.7 Å². The maximum atomic E-state index is 6.49. The van der Waals surface area contributed by atoms with Crippen molar-refractivity contribution < 1.29 is 4.42 Å². The molecule has 5 heteroatoms. The first-order valence-electron chi connectivity index (χ1n) is 19.2. The minimum atomic E-state index is -0.162. The van der Waals surface area contributed by atoms with Crippen LogP contribution in [-0.4, -0.2) is 14.5 Å². The number of hydrogen-bond acceptors (Lipinski definition) is 4. The largest absolute Gasteiger partial charge is 0.436 e. The van der Waals surface area contributed by atoms with Crippen LogP contribution in [0.15, 0.2) is 156 Å². The van der Waals surface area contributed by atoms with Gasteiger partial charge in [-0.15, -0.1) is 11.3 Å². The van der Waals surface area contributed by atoms with Gasteiger partial charge in [0.05, 0.1) is 11.0 Å². The summed E-state index contributed by atoms with van der Waals surface area (Å²) >= 11 is 1.87. The van der Waals surface area contributed by atoms with E-state index >= 15 is 0 Å². The van der Waals surface area contributed by atoms with Gasteiger partial charge in [0.2, 0.25) is 5.71 Å². The number of rotatable bonds is 2. The number of thiophene rings is 1. The molecule has 1 aliphatic carbocycles. The molecule has 0 atom stereocenters. The average Bonchev–Trinajstić information content (AvgIpc) is 3.95. The fraction of sp³-hybridized carbons (Fsp3) is 0.0588. The zero-order valence-electron chi connectivity index (χ0n) is 30.6. The Morgan fingerprint density at radius 1 is 0.554 bits per heavy atom. The van der Waals surface area contributed by atoms with Crippen LogP contribution in [0.5, 0.6) is 0 Å². The maximum Gasteiger partial charge on any atom is 0.248 e. The van der Waals surface area contributed by atoms with Crippen molar-refractivity contribution in [1.29, 1.82) is 0 Å². The van der Waals surface area contributed by atoms with Crippen molar-refractivity contribution in [3.63, 3.8) is 0 Å². The van der Waals surface area contributed by atoms with E-state index < -0.39 is 0 Å². The van der Waals surface area contributed by atoms with E-state index in [0.717, 1.165) is 44.6 Å². The van der Waals surface area contributed by atoms with Crippen molar-refractivity contribution in [2.24, 2.45) is 0 Å². The molecule has 0 radical (unpaired) electrons. The molecule has 4 nitrogen and oxygen atoms in total. The van der Waals surface area contributed by atoms with Gasteiger partial charge >= 0.3 is 0 Å². The number of nitrogens with zero attached hydrogens (tertiary/aromatic N) is 3. The SMILES string of the molecule is CC1(C)c2ccccc2-c2ccc(-c3nc4c(nc3-n3c5cc6sc7c8ccccc8ccc7c6cc5c5c6ccccc6ccc53)oc3ccccc34)cc21. The number of hydrogen-bond donors (Lipinski definition) is 0. The predicted molar refractivity (Wildman–Crippen MR) is 235 cm³/mol. The van der Waals surface area contributed by atoms with Gasteiger partial charge in [0.15, 0.2) is 5.82 Å². The third-order valence-corrected chi connectivity index (χ3v) is 13.6. The first-order valence-corrected chi connectivity index (χ1v) is 20.0. The first kappa shape index (κ1) is 30.5. The molecule has 262 valence electrons. The molecule has 0 aliphatic heterocycles. The van der Waals surface area contributed by atoms with Gasteiger partial charge in [-0.25, -0.2) is 4.98 Å². The molecule has 0 N–H and O–H groups in total. The smallest absolute Gasteiger partial charge is 0.248 e. The summed E-state index contributed by atoms with van der Waals surface area (Å²) in [6.07, 6.45) is 0. The second-order valence-corrected chi connectivity index (χ2v) is 16.8. The summed E-state index contributed by atoms with van der Waals surface area (Å²) in [5, 5.41) is 10.9. The fourth-order valence-corrected chi connectivity index (χ4v) is 11.0. The molecule has 13 rings (SSSR count). The molecule has 0 saturated carbocycles. The average molecular weight is 734 g/mol. The minimum absolute atomic E-state index is 0.162. The summed E-state index contributed by atoms with van der Waals surface area (Å²) in [5.74, 6) is 0.756. The lowest BCUT2D eigenvalue weighted by Gasteiger charge is -2.22. The topological polar surface area (TPSA) is 43.9 Å². The number of benzene rings is 8. The summed E-state index contributed by atoms with van der Waals surface area (Å²) in [7, 11) is 0. The Morgan fingerprint density at radius 3 is 2.18 bits per heavy atom. The third-order valence-electron chi connectivity index (χ3n) is 12.4. The summed E-state index contributed by atoms with van der Waals surface area (Å²) < 4.78 is 11.4. The highest BCUT2D eigenvalue weighted by molar-refractivity contribution is 7.26. The number of furan rings is 1. The van der Waals surface area contributed by atoms with Crippen LogP contribution in [0.4, 0.5) is 0 Å². The molecule has 4 aromatic heterocycles. The van der Waals surface area contributed by atoms with Crippen LogP contribution in [0.3, 0.4) is 0 Å². The summed E-state index contributed by atoms with van der Waals surface area (Å²) in [6.45, 7) is 4.66. The Kier molecular flexibility index (Phi) is 5.82. The molecule has 0 bridgehead atoms. The molecule has 12 aromatic rings. The summed E-state index contributed by atoms with van der Waals surface area (Å²) in [5.41, 5.74) is 11.2. The van der Waals surface area contributed by atoms with Crippen molar-refractivity contribution in [2.45, 2.75) is 19.3 Å². The molecule has 1 aliphatic rings. The van der Waals surface area contributed by atoms with Crippen LogP contribution in [0.25, 0.3) is 114 Å². The molecule has 56 heavy (non-hydrogen) atoms. The monoisotopic (exact) mass is 733 g/mol. The lowest BCUT2D eigenvalue weighted by molar-refractivity contribution is 0.651. The van der Waals surface area contributed by atoms with Gasteiger partial charge in [0.1, 0.15) is 16.8 Å². The fourth-order valence-electron chi connectivity index (χ4n) is 9.73. The number of aromatic nitrogens is 3. The minimum Gasteiger partial charge on any atom is -0.436 e. The zero-order valence-corrected chi connectivity index (χ0v) is 31.4. The Labute approximate surface area is 324 Å². The molecule has 0 fully saturated rings. The van der Waals surface area contributed by atoms with Crippen LogP contribution in [0.1, 0.15) is 25.0 Å². The number of fused-ring (bicyclic) bond motifs is 16. The van der Waals surface area contributed by atoms with E-state index in [1.807, 2.05) is 29.5 Å². The highest BCUT2D eigenvalue weighted by Gasteiger charge is 2.36. The molecule has 4 heterocycles. The van der Waals surface area contributed by atoms with Gasteiger partial charge in [-0.3, -0.25) is 4.57 Å². The summed E-state index contributed by atoms with van der Waals surface area (Å²) in [6, 6.07) is 55.1. The van der Waals surface area contributed by atoms with Crippen LogP contribution < -0.4 is 0 Å². The van der Waals surface area contributed by atoms with Crippen molar-refractivity contribution in [3.8, 4) is 28.2 Å². The molecular weight excluding hydrogens is 703 g/mol. The molecule has 8 aromatic carbocycles. The predicted octanol–water partition coefficient (Wildman–Crippen LogP) is 14.1. The van der Waals surface area contributed by atoms with Gasteiger partial charge < -0.3 is 4.42 Å². The Morgan fingerprint density at radius 2 is 1.29 bits per heavy atom. The van der Waals surface area contributed by atoms with E-state index in [9.17, 15) is 0 Å². The van der Waals surface area contributed by atoms with Crippen LogP contribution in [0, 0.1) is 0 Å². The Hall–Kier alpha value is -6.82. The second kappa shape index (κ2) is 10.7. The van der Waals surface area contributed by atoms with Gasteiger partial charge in [-0.05, 0) is 80.2 Å². The first-order chi connectivity index (χ1) is 27.5. The Balaban J connectivity index is 1.18. The van der Waals surface area contributed by atoms with Crippen LogP contribution in [0.2, 0.25) is 0 Å². The highest BCUT2D eigenvalue weighted by Crippen LogP contribution is 2.50. The molecule has 0 amide bonds. The molecule has 0 unspecified atom stereocenters. The van der Waals surface area contributed by atoms with Crippen molar-refractivity contribution in [1.82, 2.24) is 14.5 Å². The van der Waals surface area contributed by atoms with Crippen molar-refractivity contribution >= 4 is 97.1 Å². The van der Waals surface area contributed by atoms with Gasteiger partial charge in [0.25, 0.3) is 0 Å². The maximum absolute atomic E-state index is 6.49. The van der Waals surface area contributed by atoms with Gasteiger partial charge in [-0.2, -0.15) is 4.98 Å². The number of para-hydroxylation sites is 1. The van der Waals surface area contributed by atoms with E-state index in [-0.39, 0.29) is 5.41 Å². The third kappa shape index (κ3) is 3.92. The van der Waals surface area contributed by atoms with Gasteiger partial charge in [0, 0.05) is 47.3 Å². The van der Waals surface area contributed by atoms with Gasteiger partial charge in [-0.1, -0.05) is 129 Å². The normalized spacial score (nSPS) is 13.7. The Bertz CT molecular complexity index is 3690. The van der Waals surface area contributed by atoms with E-state index in [1.54, 1.807) is 0 Å². The van der Waals surface area contributed by atoms with E-state index in [4.69, 9.17) is 14.4 Å². The van der Waals surface area contributed by atoms with Crippen LogP contribution in [-0.2, 0) is 5.41 Å². The molecule has 0 spiro atoms. The zero-order chi connectivity index (χ0) is 36.9. The van der Waals surface area contributed by atoms with E-state index in [0.29, 0.717) is 5.71 Å². The lowest BCUT2D eigenvalue weighted by atomic mass is 9.82. The quantitative estimate of drug-likeness (QED) is 0.178. The van der Waals surface area contributed by atoms with E-state index in [2.05, 4.69) is 152 Å². The standard InChI is InChI=1S/C51H31N3OS/c1-51(2)39-17-9-7-15-33(39)34-22-20-30(25-40(34)51)46-49(53-50-47(52-46)36-16-8-10-18-43(36)55-50)54-41-24-21-28-11-3-5-13-31(28)45(41)38-26-37-35-23-19-29-12-4-6-14-32(29)48(35)56-44(37)27-42(38)54/h3-27H,1-2H3. The molecule has 0 saturated heterocycles. The lowest BCUT2D eigenvalue weighted by Crippen LogP contribution is -2.15.